The van der Waals surface area contributed by atoms with Crippen molar-refractivity contribution >= 4 is 15.8 Å². The molecular weight excluding hydrogens is 322 g/mol. The number of hydrogen-bond donors (Lipinski definition) is 0. The highest BCUT2D eigenvalue weighted by Crippen LogP contribution is 2.22. The van der Waals surface area contributed by atoms with Gasteiger partial charge in [0.05, 0.1) is 10.9 Å². The number of benzene rings is 2. The van der Waals surface area contributed by atoms with E-state index >= 15 is 0 Å². The highest BCUT2D eigenvalue weighted by Gasteiger charge is 2.32. The van der Waals surface area contributed by atoms with Gasteiger partial charge in [-0.1, -0.05) is 43.3 Å². The van der Waals surface area contributed by atoms with Crippen LogP contribution in [0.5, 0.6) is 0 Å². The quantitative estimate of drug-likeness (QED) is 0.752. The van der Waals surface area contributed by atoms with E-state index in [4.69, 9.17) is 0 Å². The van der Waals surface area contributed by atoms with Crippen LogP contribution in [0.25, 0.3) is 0 Å². The van der Waals surface area contributed by atoms with E-state index in [-0.39, 0.29) is 17.2 Å². The van der Waals surface area contributed by atoms with Crippen LogP contribution in [0.15, 0.2) is 53.4 Å². The van der Waals surface area contributed by atoms with Gasteiger partial charge in [0.1, 0.15) is 0 Å². The fraction of sp³-hybridized carbons (Fsp3) is 0.316. The summed E-state index contributed by atoms with van der Waals surface area (Å²) in [5.41, 5.74) is 2.28. The van der Waals surface area contributed by atoms with Crippen LogP contribution < -0.4 is 0 Å². The first-order chi connectivity index (χ1) is 11.3. The highest BCUT2D eigenvalue weighted by molar-refractivity contribution is 7.89. The Balaban J connectivity index is 2.40. The van der Waals surface area contributed by atoms with Crippen molar-refractivity contribution in [1.29, 1.82) is 0 Å². The minimum absolute atomic E-state index is 0.203. The van der Waals surface area contributed by atoms with Crippen LogP contribution in [0.4, 0.5) is 0 Å². The number of Topliss-reactive ketones (excluding diaryl/α,β-unsaturated/α-hetero) is 1. The summed E-state index contributed by atoms with van der Waals surface area (Å²) in [6.07, 6.45) is 0. The third kappa shape index (κ3) is 3.74. The van der Waals surface area contributed by atoms with Gasteiger partial charge in [0.25, 0.3) is 0 Å². The summed E-state index contributed by atoms with van der Waals surface area (Å²) in [5, 5.41) is 0. The van der Waals surface area contributed by atoms with Crippen LogP contribution in [0.2, 0.25) is 0 Å². The Bertz CT molecular complexity index is 809. The lowest BCUT2D eigenvalue weighted by Crippen LogP contribution is -2.43. The third-order valence-corrected chi connectivity index (χ3v) is 6.01. The normalized spacial score (nSPS) is 13.0. The van der Waals surface area contributed by atoms with E-state index in [1.54, 1.807) is 50.2 Å². The van der Waals surface area contributed by atoms with Crippen molar-refractivity contribution in [1.82, 2.24) is 4.31 Å². The molecule has 0 aliphatic carbocycles. The number of rotatable bonds is 6. The fourth-order valence-corrected chi connectivity index (χ4v) is 4.64. The number of ketones is 1. The van der Waals surface area contributed by atoms with Crippen molar-refractivity contribution < 1.29 is 13.2 Å². The molecule has 0 radical (unpaired) electrons. The molecule has 0 heterocycles. The minimum Gasteiger partial charge on any atom is -0.292 e. The summed E-state index contributed by atoms with van der Waals surface area (Å²) in [7, 11) is -3.74. The van der Waals surface area contributed by atoms with E-state index in [1.165, 1.54) is 4.31 Å². The van der Waals surface area contributed by atoms with Crippen LogP contribution in [-0.2, 0) is 10.0 Å². The second kappa shape index (κ2) is 7.28. The molecular formula is C19H23NO3S. The van der Waals surface area contributed by atoms with Gasteiger partial charge in [0.2, 0.25) is 10.0 Å². The second-order valence-corrected chi connectivity index (χ2v) is 7.83. The monoisotopic (exact) mass is 345 g/mol. The van der Waals surface area contributed by atoms with Gasteiger partial charge >= 0.3 is 0 Å². The van der Waals surface area contributed by atoms with Crippen LogP contribution >= 0.6 is 0 Å². The Hall–Kier alpha value is -1.98. The summed E-state index contributed by atoms with van der Waals surface area (Å²) in [6, 6.07) is 13.2. The number of aryl methyl sites for hydroxylation is 2. The smallest absolute Gasteiger partial charge is 0.243 e. The van der Waals surface area contributed by atoms with Crippen molar-refractivity contribution in [2.75, 3.05) is 6.54 Å². The topological polar surface area (TPSA) is 54.5 Å². The molecule has 0 fully saturated rings. The summed E-state index contributed by atoms with van der Waals surface area (Å²) < 4.78 is 27.3. The lowest BCUT2D eigenvalue weighted by atomic mass is 10.1. The molecule has 0 aliphatic rings. The van der Waals surface area contributed by atoms with Crippen molar-refractivity contribution in [2.45, 2.75) is 38.6 Å². The Morgan fingerprint density at radius 2 is 1.58 bits per heavy atom. The number of hydrogen-bond acceptors (Lipinski definition) is 3. The van der Waals surface area contributed by atoms with Gasteiger partial charge in [0, 0.05) is 12.1 Å². The SMILES string of the molecule is CCN(C(C)C(=O)c1ccccc1)S(=O)(=O)c1cc(C)cc(C)c1. The van der Waals surface area contributed by atoms with Gasteiger partial charge in [-0.3, -0.25) is 4.79 Å². The number of nitrogens with zero attached hydrogens (tertiary/aromatic N) is 1. The van der Waals surface area contributed by atoms with E-state index in [9.17, 15) is 13.2 Å². The minimum atomic E-state index is -3.74. The molecule has 2 aromatic carbocycles. The molecule has 0 aromatic heterocycles. The van der Waals surface area contributed by atoms with Crippen molar-refractivity contribution in [3.05, 3.63) is 65.2 Å². The lowest BCUT2D eigenvalue weighted by Gasteiger charge is -2.26. The third-order valence-electron chi connectivity index (χ3n) is 3.98. The highest BCUT2D eigenvalue weighted by atomic mass is 32.2. The molecule has 0 bridgehead atoms. The maximum absolute atomic E-state index is 13.0. The van der Waals surface area contributed by atoms with Gasteiger partial charge in [0.15, 0.2) is 5.78 Å². The van der Waals surface area contributed by atoms with Gasteiger partial charge < -0.3 is 0 Å². The maximum Gasteiger partial charge on any atom is 0.243 e. The predicted octanol–water partition coefficient (Wildman–Crippen LogP) is 3.59. The number of sulfonamides is 1. The molecule has 0 saturated heterocycles. The van der Waals surface area contributed by atoms with Crippen molar-refractivity contribution in [3.8, 4) is 0 Å². The van der Waals surface area contributed by atoms with E-state index in [0.717, 1.165) is 11.1 Å². The van der Waals surface area contributed by atoms with Crippen LogP contribution in [0.3, 0.4) is 0 Å². The Morgan fingerprint density at radius 1 is 1.04 bits per heavy atom. The first-order valence-electron chi connectivity index (χ1n) is 7.96. The molecule has 0 aliphatic heterocycles. The van der Waals surface area contributed by atoms with Crippen LogP contribution in [-0.4, -0.2) is 31.1 Å². The summed E-state index contributed by atoms with van der Waals surface area (Å²) in [5.74, 6) is -0.203. The first kappa shape index (κ1) is 18.4. The summed E-state index contributed by atoms with van der Waals surface area (Å²) >= 11 is 0. The van der Waals surface area contributed by atoms with Gasteiger partial charge in [-0.05, 0) is 44.0 Å². The van der Waals surface area contributed by atoms with Crippen LogP contribution in [0, 0.1) is 13.8 Å². The van der Waals surface area contributed by atoms with E-state index in [2.05, 4.69) is 0 Å². The van der Waals surface area contributed by atoms with Crippen molar-refractivity contribution in [3.63, 3.8) is 0 Å². The first-order valence-corrected chi connectivity index (χ1v) is 9.40. The summed E-state index contributed by atoms with van der Waals surface area (Å²) in [6.45, 7) is 7.34. The van der Waals surface area contributed by atoms with Crippen LogP contribution in [0.1, 0.15) is 35.3 Å². The van der Waals surface area contributed by atoms with Gasteiger partial charge in [-0.25, -0.2) is 8.42 Å². The molecule has 0 amide bonds. The molecule has 2 rings (SSSR count). The Kier molecular flexibility index (Phi) is 5.57. The standard InChI is InChI=1S/C19H23NO3S/c1-5-20(16(4)19(21)17-9-7-6-8-10-17)24(22,23)18-12-14(2)11-15(3)13-18/h6-13,16H,5H2,1-4H3. The predicted molar refractivity (Wildman–Crippen MR) is 95.7 cm³/mol. The zero-order valence-electron chi connectivity index (χ0n) is 14.5. The molecule has 0 spiro atoms. The van der Waals surface area contributed by atoms with Gasteiger partial charge in [-0.15, -0.1) is 0 Å². The fourth-order valence-electron chi connectivity index (χ4n) is 2.84. The molecule has 128 valence electrons. The van der Waals surface area contributed by atoms with E-state index < -0.39 is 16.1 Å². The zero-order chi connectivity index (χ0) is 17.9. The van der Waals surface area contributed by atoms with E-state index in [0.29, 0.717) is 5.56 Å². The van der Waals surface area contributed by atoms with E-state index in [1.807, 2.05) is 26.0 Å². The number of carbonyl (C=O) groups excluding carboxylic acids is 1. The molecule has 2 aromatic rings. The van der Waals surface area contributed by atoms with Gasteiger partial charge in [-0.2, -0.15) is 4.31 Å². The largest absolute Gasteiger partial charge is 0.292 e. The average molecular weight is 345 g/mol. The Labute approximate surface area is 144 Å². The molecule has 4 nitrogen and oxygen atoms in total. The number of likely N-dealkylation sites (N-methyl/N-ethyl adjacent to an activating group) is 1. The molecule has 1 unspecified atom stereocenters. The number of carbonyl (C=O) groups is 1. The Morgan fingerprint density at radius 3 is 2.08 bits per heavy atom. The average Bonchev–Trinajstić information content (AvgIpc) is 2.54. The molecule has 5 heteroatoms. The molecule has 1 atom stereocenters. The summed E-state index contributed by atoms with van der Waals surface area (Å²) in [4.78, 5) is 12.9. The second-order valence-electron chi connectivity index (χ2n) is 5.94. The maximum atomic E-state index is 13.0. The molecule has 0 N–H and O–H groups in total. The molecule has 0 saturated carbocycles. The zero-order valence-corrected chi connectivity index (χ0v) is 15.3. The van der Waals surface area contributed by atoms with Crippen molar-refractivity contribution in [2.24, 2.45) is 0 Å². The molecule has 24 heavy (non-hydrogen) atoms. The lowest BCUT2D eigenvalue weighted by molar-refractivity contribution is 0.0910.